The summed E-state index contributed by atoms with van der Waals surface area (Å²) in [5.74, 6) is 3.01. The van der Waals surface area contributed by atoms with Gasteiger partial charge in [-0.15, -0.1) is 0 Å². The van der Waals surface area contributed by atoms with Crippen molar-refractivity contribution in [3.8, 4) is 0 Å². The molecule has 0 spiro atoms. The smallest absolute Gasteiger partial charge is 0.323 e. The van der Waals surface area contributed by atoms with Gasteiger partial charge in [0.15, 0.2) is 0 Å². The fourth-order valence-corrected chi connectivity index (χ4v) is 4.65. The lowest BCUT2D eigenvalue weighted by atomic mass is 10.0. The number of hydrogen-bond acceptors (Lipinski definition) is 3. The van der Waals surface area contributed by atoms with E-state index in [4.69, 9.17) is 5.73 Å². The molecule has 0 radical (unpaired) electrons. The molecule has 1 aromatic rings. The van der Waals surface area contributed by atoms with Gasteiger partial charge in [-0.25, -0.2) is 0 Å². The van der Waals surface area contributed by atoms with E-state index in [1.54, 1.807) is 17.8 Å². The summed E-state index contributed by atoms with van der Waals surface area (Å²) < 4.78 is 37.9. The van der Waals surface area contributed by atoms with Gasteiger partial charge in [-0.05, 0) is 17.7 Å². The van der Waals surface area contributed by atoms with Crippen molar-refractivity contribution in [3.63, 3.8) is 0 Å². The van der Waals surface area contributed by atoms with Crippen molar-refractivity contribution < 1.29 is 13.2 Å². The van der Waals surface area contributed by atoms with Crippen LogP contribution in [0.3, 0.4) is 0 Å². The molecule has 2 atom stereocenters. The van der Waals surface area contributed by atoms with Crippen molar-refractivity contribution in [3.05, 3.63) is 35.4 Å². The van der Waals surface area contributed by atoms with E-state index in [1.807, 2.05) is 11.8 Å². The Balaban J connectivity index is 2.17. The van der Waals surface area contributed by atoms with Gasteiger partial charge in [0, 0.05) is 28.6 Å². The van der Waals surface area contributed by atoms with Crippen LogP contribution in [0.4, 0.5) is 13.2 Å². The minimum absolute atomic E-state index is 0.201. The van der Waals surface area contributed by atoms with Gasteiger partial charge in [0.2, 0.25) is 0 Å². The number of rotatable bonds is 2. The molecule has 0 aliphatic carbocycles. The summed E-state index contributed by atoms with van der Waals surface area (Å²) in [4.78, 5) is 0. The average Bonchev–Trinajstić information content (AvgIpc) is 2.38. The van der Waals surface area contributed by atoms with Crippen LogP contribution in [-0.2, 0) is 6.18 Å². The predicted octanol–water partition coefficient (Wildman–Crippen LogP) is 3.55. The first kappa shape index (κ1) is 14.1. The SMILES string of the molecule is NC(c1cccc(C(F)(F)F)c1)C1CSCCS1. The molecule has 1 fully saturated rings. The Morgan fingerprint density at radius 2 is 2.06 bits per heavy atom. The number of alkyl halides is 3. The zero-order valence-corrected chi connectivity index (χ0v) is 11.2. The third kappa shape index (κ3) is 3.36. The maximum absolute atomic E-state index is 12.6. The topological polar surface area (TPSA) is 26.0 Å². The third-order valence-corrected chi connectivity index (χ3v) is 5.73. The molecular weight excluding hydrogens is 279 g/mol. The molecule has 1 heterocycles. The highest BCUT2D eigenvalue weighted by Crippen LogP contribution is 2.35. The molecule has 0 aromatic heterocycles. The summed E-state index contributed by atoms with van der Waals surface area (Å²) >= 11 is 3.57. The van der Waals surface area contributed by atoms with Crippen molar-refractivity contribution in [1.82, 2.24) is 0 Å². The fraction of sp³-hybridized carbons (Fsp3) is 0.500. The van der Waals surface area contributed by atoms with Crippen LogP contribution >= 0.6 is 23.5 Å². The van der Waals surface area contributed by atoms with Crippen LogP contribution in [0, 0.1) is 0 Å². The molecule has 2 unspecified atom stereocenters. The van der Waals surface area contributed by atoms with E-state index in [9.17, 15) is 13.2 Å². The summed E-state index contributed by atoms with van der Waals surface area (Å²) in [5.41, 5.74) is 6.03. The molecule has 1 aliphatic heterocycles. The van der Waals surface area contributed by atoms with Gasteiger partial charge < -0.3 is 5.73 Å². The Hall–Kier alpha value is -0.330. The molecule has 1 nitrogen and oxygen atoms in total. The van der Waals surface area contributed by atoms with Crippen molar-refractivity contribution in [2.45, 2.75) is 17.5 Å². The van der Waals surface area contributed by atoms with E-state index in [0.717, 1.165) is 23.3 Å². The van der Waals surface area contributed by atoms with Crippen LogP contribution in [0.15, 0.2) is 24.3 Å². The minimum Gasteiger partial charge on any atom is -0.323 e. The van der Waals surface area contributed by atoms with E-state index < -0.39 is 11.7 Å². The van der Waals surface area contributed by atoms with Crippen LogP contribution < -0.4 is 5.73 Å². The van der Waals surface area contributed by atoms with Crippen molar-refractivity contribution in [2.24, 2.45) is 5.73 Å². The maximum atomic E-state index is 12.6. The lowest BCUT2D eigenvalue weighted by Crippen LogP contribution is -2.29. The van der Waals surface area contributed by atoms with Crippen LogP contribution in [0.25, 0.3) is 0 Å². The highest BCUT2D eigenvalue weighted by Gasteiger charge is 2.31. The first-order valence-corrected chi connectivity index (χ1v) is 7.81. The monoisotopic (exact) mass is 293 g/mol. The van der Waals surface area contributed by atoms with Gasteiger partial charge in [0.1, 0.15) is 0 Å². The first-order valence-electron chi connectivity index (χ1n) is 5.60. The highest BCUT2D eigenvalue weighted by molar-refractivity contribution is 8.06. The quantitative estimate of drug-likeness (QED) is 0.903. The number of thioether (sulfide) groups is 2. The second-order valence-electron chi connectivity index (χ2n) is 4.13. The molecule has 2 rings (SSSR count). The molecule has 0 amide bonds. The minimum atomic E-state index is -4.30. The average molecular weight is 293 g/mol. The van der Waals surface area contributed by atoms with Gasteiger partial charge >= 0.3 is 6.18 Å². The Bertz CT molecular complexity index is 403. The maximum Gasteiger partial charge on any atom is 0.416 e. The van der Waals surface area contributed by atoms with Crippen molar-refractivity contribution >= 4 is 23.5 Å². The van der Waals surface area contributed by atoms with Crippen LogP contribution in [-0.4, -0.2) is 22.5 Å². The Morgan fingerprint density at radius 3 is 2.67 bits per heavy atom. The van der Waals surface area contributed by atoms with E-state index >= 15 is 0 Å². The van der Waals surface area contributed by atoms with Crippen LogP contribution in [0.2, 0.25) is 0 Å². The molecule has 1 aromatic carbocycles. The number of benzene rings is 1. The molecule has 0 bridgehead atoms. The summed E-state index contributed by atoms with van der Waals surface area (Å²) in [6.45, 7) is 0. The largest absolute Gasteiger partial charge is 0.416 e. The molecule has 6 heteroatoms. The first-order chi connectivity index (χ1) is 8.48. The standard InChI is InChI=1S/C12H14F3NS2/c13-12(14,15)9-3-1-2-8(6-9)11(16)10-7-17-4-5-18-10/h1-3,6,10-11H,4-5,7,16H2. The van der Waals surface area contributed by atoms with Gasteiger partial charge in [0.25, 0.3) is 0 Å². The van der Waals surface area contributed by atoms with Gasteiger partial charge in [0.05, 0.1) is 5.56 Å². The lowest BCUT2D eigenvalue weighted by Gasteiger charge is -2.27. The summed E-state index contributed by atoms with van der Waals surface area (Å²) in [5, 5.41) is 0.201. The van der Waals surface area contributed by atoms with E-state index in [0.29, 0.717) is 5.56 Å². The summed E-state index contributed by atoms with van der Waals surface area (Å²) in [6, 6.07) is 5.03. The Kier molecular flexibility index (Phi) is 4.50. The highest BCUT2D eigenvalue weighted by atomic mass is 32.2. The number of hydrogen-bond donors (Lipinski definition) is 1. The molecule has 18 heavy (non-hydrogen) atoms. The molecule has 1 saturated heterocycles. The van der Waals surface area contributed by atoms with Crippen LogP contribution in [0.1, 0.15) is 17.2 Å². The summed E-state index contributed by atoms with van der Waals surface area (Å²) in [7, 11) is 0. The molecular formula is C12H14F3NS2. The van der Waals surface area contributed by atoms with E-state index in [1.165, 1.54) is 12.1 Å². The zero-order chi connectivity index (χ0) is 13.2. The molecule has 1 aliphatic rings. The van der Waals surface area contributed by atoms with Crippen molar-refractivity contribution in [2.75, 3.05) is 17.3 Å². The van der Waals surface area contributed by atoms with E-state index in [-0.39, 0.29) is 11.3 Å². The number of halogens is 3. The van der Waals surface area contributed by atoms with Crippen molar-refractivity contribution in [1.29, 1.82) is 0 Å². The van der Waals surface area contributed by atoms with Gasteiger partial charge in [-0.1, -0.05) is 12.1 Å². The van der Waals surface area contributed by atoms with Gasteiger partial charge in [-0.3, -0.25) is 0 Å². The Labute approximate surface area is 113 Å². The second-order valence-corrected chi connectivity index (χ2v) is 6.63. The number of nitrogens with two attached hydrogens (primary N) is 1. The Morgan fingerprint density at radius 1 is 1.28 bits per heavy atom. The lowest BCUT2D eigenvalue weighted by molar-refractivity contribution is -0.137. The second kappa shape index (κ2) is 5.75. The molecule has 2 N–H and O–H groups in total. The molecule has 100 valence electrons. The summed E-state index contributed by atoms with van der Waals surface area (Å²) in [6.07, 6.45) is -4.30. The van der Waals surface area contributed by atoms with Crippen LogP contribution in [0.5, 0.6) is 0 Å². The molecule has 0 saturated carbocycles. The van der Waals surface area contributed by atoms with E-state index in [2.05, 4.69) is 0 Å². The normalized spacial score (nSPS) is 22.8. The predicted molar refractivity (Wildman–Crippen MR) is 71.9 cm³/mol. The van der Waals surface area contributed by atoms with Gasteiger partial charge in [-0.2, -0.15) is 36.7 Å². The zero-order valence-electron chi connectivity index (χ0n) is 9.61. The fourth-order valence-electron chi connectivity index (χ4n) is 1.85. The third-order valence-electron chi connectivity index (χ3n) is 2.84.